The lowest BCUT2D eigenvalue weighted by Gasteiger charge is -2.13. The Morgan fingerprint density at radius 1 is 0.853 bits per heavy atom. The zero-order valence-electron chi connectivity index (χ0n) is 19.2. The summed E-state index contributed by atoms with van der Waals surface area (Å²) in [5, 5.41) is 3.06. The largest absolute Gasteiger partial charge is 0.472 e. The van der Waals surface area contributed by atoms with Gasteiger partial charge >= 0.3 is 7.60 Å². The van der Waals surface area contributed by atoms with Crippen LogP contribution in [0.1, 0.15) is 48.8 Å². The van der Waals surface area contributed by atoms with E-state index in [1.165, 1.54) is 6.07 Å². The molecule has 0 spiro atoms. The van der Waals surface area contributed by atoms with E-state index in [1.54, 1.807) is 24.7 Å². The van der Waals surface area contributed by atoms with Gasteiger partial charge in [-0.2, -0.15) is 0 Å². The lowest BCUT2D eigenvalue weighted by molar-refractivity contribution is 0.371. The molecule has 0 amide bonds. The highest BCUT2D eigenvalue weighted by atomic mass is 31.2. The molecule has 0 aliphatic rings. The van der Waals surface area contributed by atoms with Crippen LogP contribution < -0.4 is 5.32 Å². The molecule has 0 aliphatic heterocycles. The number of hydrogen-bond donors (Lipinski definition) is 3. The first kappa shape index (κ1) is 26.3. The molecule has 34 heavy (non-hydrogen) atoms. The third-order valence-corrected chi connectivity index (χ3v) is 6.72. The maximum absolute atomic E-state index is 14.8. The predicted octanol–water partition coefficient (Wildman–Crippen LogP) is 6.23. The second kappa shape index (κ2) is 13.0. The molecular formula is C26H32F2NO4P. The summed E-state index contributed by atoms with van der Waals surface area (Å²) in [7, 11) is -4.01. The molecule has 3 aromatic rings. The fourth-order valence-corrected chi connectivity index (χ4v) is 4.58. The Morgan fingerprint density at radius 3 is 2.26 bits per heavy atom. The maximum Gasteiger partial charge on any atom is 0.325 e. The first-order valence-electron chi connectivity index (χ1n) is 11.7. The van der Waals surface area contributed by atoms with Crippen LogP contribution in [0, 0.1) is 11.6 Å². The first-order chi connectivity index (χ1) is 16.3. The van der Waals surface area contributed by atoms with Crippen molar-refractivity contribution < 1.29 is 27.5 Å². The van der Waals surface area contributed by atoms with Gasteiger partial charge in [-0.3, -0.25) is 4.57 Å². The monoisotopic (exact) mass is 491 g/mol. The molecule has 2 aromatic carbocycles. The second-order valence-electron chi connectivity index (χ2n) is 8.54. The van der Waals surface area contributed by atoms with Crippen LogP contribution in [0.5, 0.6) is 0 Å². The molecule has 1 aromatic heterocycles. The van der Waals surface area contributed by atoms with Crippen LogP contribution in [0.2, 0.25) is 0 Å². The Balaban J connectivity index is 1.53. The molecule has 0 bridgehead atoms. The van der Waals surface area contributed by atoms with E-state index in [-0.39, 0.29) is 24.3 Å². The molecule has 1 heterocycles. The number of aryl methyl sites for hydroxylation is 2. The summed E-state index contributed by atoms with van der Waals surface area (Å²) in [6.07, 6.45) is 8.58. The van der Waals surface area contributed by atoms with Crippen LogP contribution in [0.25, 0.3) is 11.1 Å². The molecule has 5 nitrogen and oxygen atoms in total. The minimum Gasteiger partial charge on any atom is -0.472 e. The van der Waals surface area contributed by atoms with E-state index < -0.39 is 7.60 Å². The zero-order valence-corrected chi connectivity index (χ0v) is 20.1. The van der Waals surface area contributed by atoms with Gasteiger partial charge in [0, 0.05) is 17.7 Å². The van der Waals surface area contributed by atoms with Crippen molar-refractivity contribution in [1.29, 1.82) is 0 Å². The highest BCUT2D eigenvalue weighted by Gasteiger charge is 2.14. The lowest BCUT2D eigenvalue weighted by Crippen LogP contribution is -2.17. The first-order valence-corrected chi connectivity index (χ1v) is 13.5. The average Bonchev–Trinajstić information content (AvgIpc) is 3.32. The van der Waals surface area contributed by atoms with E-state index in [4.69, 9.17) is 14.2 Å². The standard InChI is InChI=1S/C26H32F2NO4P/c27-25-11-6-5-9-20(25)8-3-1-2-4-10-21-17-26(28)23(16-24(21)22-12-14-33-19-22)18-29-13-7-15-34(30,31)32/h5-6,9,11-12,14,16-17,19,29H,1-4,7-8,10,13,15,18H2,(H2,30,31,32). The SMILES string of the molecule is O=P(O)(O)CCCNCc1cc(-c2ccoc2)c(CCCCCCc2ccccc2F)cc1F. The van der Waals surface area contributed by atoms with E-state index in [0.717, 1.165) is 60.8 Å². The van der Waals surface area contributed by atoms with Crippen molar-refractivity contribution in [3.05, 3.63) is 83.3 Å². The number of unbranched alkanes of at least 4 members (excludes halogenated alkanes) is 3. The molecular weight excluding hydrogens is 459 g/mol. The second-order valence-corrected chi connectivity index (χ2v) is 10.3. The summed E-state index contributed by atoms with van der Waals surface area (Å²) in [6.45, 7) is 0.661. The summed E-state index contributed by atoms with van der Waals surface area (Å²) in [6, 6.07) is 12.1. The highest BCUT2D eigenvalue weighted by molar-refractivity contribution is 7.51. The van der Waals surface area contributed by atoms with Gasteiger partial charge in [0.15, 0.2) is 0 Å². The third-order valence-electron chi connectivity index (χ3n) is 5.82. The van der Waals surface area contributed by atoms with Crippen molar-refractivity contribution in [2.24, 2.45) is 0 Å². The van der Waals surface area contributed by atoms with Crippen molar-refractivity contribution in [1.82, 2.24) is 5.32 Å². The van der Waals surface area contributed by atoms with Gasteiger partial charge in [-0.05, 0) is 79.6 Å². The predicted molar refractivity (Wildman–Crippen MR) is 130 cm³/mol. The minimum absolute atomic E-state index is 0.154. The van der Waals surface area contributed by atoms with Crippen LogP contribution >= 0.6 is 7.60 Å². The van der Waals surface area contributed by atoms with Crippen LogP contribution in [0.3, 0.4) is 0 Å². The quantitative estimate of drug-likeness (QED) is 0.184. The molecule has 0 saturated carbocycles. The van der Waals surface area contributed by atoms with E-state index in [1.807, 2.05) is 24.3 Å². The molecule has 0 saturated heterocycles. The Labute approximate surface area is 199 Å². The summed E-state index contributed by atoms with van der Waals surface area (Å²) >= 11 is 0. The van der Waals surface area contributed by atoms with Crippen molar-refractivity contribution in [2.45, 2.75) is 51.5 Å². The molecule has 0 aliphatic carbocycles. The van der Waals surface area contributed by atoms with Crippen LogP contribution in [0.4, 0.5) is 8.78 Å². The molecule has 0 radical (unpaired) electrons. The number of furan rings is 1. The van der Waals surface area contributed by atoms with Gasteiger partial charge in [0.25, 0.3) is 0 Å². The van der Waals surface area contributed by atoms with Gasteiger partial charge in [-0.1, -0.05) is 31.0 Å². The number of benzene rings is 2. The molecule has 0 atom stereocenters. The Morgan fingerprint density at radius 2 is 1.59 bits per heavy atom. The smallest absolute Gasteiger partial charge is 0.325 e. The number of halogens is 2. The van der Waals surface area contributed by atoms with E-state index in [9.17, 15) is 13.3 Å². The summed E-state index contributed by atoms with van der Waals surface area (Å²) in [4.78, 5) is 17.9. The maximum atomic E-state index is 14.8. The number of nitrogens with one attached hydrogen (secondary N) is 1. The normalized spacial score (nSPS) is 11.8. The number of rotatable bonds is 14. The topological polar surface area (TPSA) is 82.7 Å². The van der Waals surface area contributed by atoms with Crippen molar-refractivity contribution in [3.8, 4) is 11.1 Å². The van der Waals surface area contributed by atoms with Crippen LogP contribution in [0.15, 0.2) is 59.4 Å². The minimum atomic E-state index is -4.01. The Bertz CT molecular complexity index is 1080. The van der Waals surface area contributed by atoms with Crippen molar-refractivity contribution in [3.63, 3.8) is 0 Å². The summed E-state index contributed by atoms with van der Waals surface area (Å²) in [5.74, 6) is -0.455. The molecule has 3 N–H and O–H groups in total. The van der Waals surface area contributed by atoms with Gasteiger partial charge in [-0.25, -0.2) is 8.78 Å². The van der Waals surface area contributed by atoms with Gasteiger partial charge < -0.3 is 19.5 Å². The van der Waals surface area contributed by atoms with Gasteiger partial charge in [0.2, 0.25) is 0 Å². The Kier molecular flexibility index (Phi) is 10.0. The molecule has 8 heteroatoms. The zero-order chi connectivity index (χ0) is 24.4. The molecule has 184 valence electrons. The van der Waals surface area contributed by atoms with E-state index in [2.05, 4.69) is 5.32 Å². The summed E-state index contributed by atoms with van der Waals surface area (Å²) in [5.41, 5.74) is 3.97. The van der Waals surface area contributed by atoms with E-state index >= 15 is 0 Å². The van der Waals surface area contributed by atoms with Gasteiger partial charge in [0.05, 0.1) is 18.7 Å². The van der Waals surface area contributed by atoms with Gasteiger partial charge in [0.1, 0.15) is 11.6 Å². The van der Waals surface area contributed by atoms with Gasteiger partial charge in [-0.15, -0.1) is 0 Å². The van der Waals surface area contributed by atoms with Crippen LogP contribution in [-0.4, -0.2) is 22.5 Å². The summed E-state index contributed by atoms with van der Waals surface area (Å²) < 4.78 is 44.7. The van der Waals surface area contributed by atoms with Crippen LogP contribution in [-0.2, 0) is 24.0 Å². The average molecular weight is 492 g/mol. The highest BCUT2D eigenvalue weighted by Crippen LogP contribution is 2.34. The third kappa shape index (κ3) is 8.48. The fraction of sp³-hybridized carbons (Fsp3) is 0.385. The molecule has 0 fully saturated rings. The fourth-order valence-electron chi connectivity index (χ4n) is 4.01. The Hall–Kier alpha value is -2.31. The van der Waals surface area contributed by atoms with Crippen molar-refractivity contribution >= 4 is 7.60 Å². The lowest BCUT2D eigenvalue weighted by atomic mass is 9.94. The van der Waals surface area contributed by atoms with Crippen molar-refractivity contribution in [2.75, 3.05) is 12.7 Å². The van der Waals surface area contributed by atoms with E-state index in [0.29, 0.717) is 18.5 Å². The molecule has 3 rings (SSSR count). The number of hydrogen-bond acceptors (Lipinski definition) is 3. The molecule has 0 unspecified atom stereocenters.